The van der Waals surface area contributed by atoms with Gasteiger partial charge in [-0.3, -0.25) is 4.55 Å². The molecule has 0 aliphatic rings. The standard InChI is InChI=1S/C41H46N2O3S/c1-7-42(27-33-13-9-11-29(3)23-33)37-19-15-35(16-20-37)41(39-25-31(5)32(6)26-40(39)47(44,45)46)36-17-21-38(22-18-36)43(8-2)28-34-14-10-12-30(4)24-34/h9-26,41H,7-8,27-28H2,1-6H3,(H,44,45,46). The molecule has 0 saturated carbocycles. The maximum absolute atomic E-state index is 12.8. The Kier molecular flexibility index (Phi) is 10.5. The molecular formula is C41H46N2O3S. The molecule has 0 atom stereocenters. The van der Waals surface area contributed by atoms with Crippen molar-refractivity contribution < 1.29 is 13.0 Å². The van der Waals surface area contributed by atoms with E-state index in [1.54, 1.807) is 6.07 Å². The first kappa shape index (κ1) is 34.0. The summed E-state index contributed by atoms with van der Waals surface area (Å²) < 4.78 is 36.0. The first-order valence-electron chi connectivity index (χ1n) is 16.4. The summed E-state index contributed by atoms with van der Waals surface area (Å²) >= 11 is 0. The van der Waals surface area contributed by atoms with E-state index < -0.39 is 16.0 Å². The zero-order valence-electron chi connectivity index (χ0n) is 28.4. The Labute approximate surface area is 281 Å². The van der Waals surface area contributed by atoms with Gasteiger partial charge in [-0.15, -0.1) is 0 Å². The smallest absolute Gasteiger partial charge is 0.294 e. The van der Waals surface area contributed by atoms with Crippen LogP contribution in [0.4, 0.5) is 11.4 Å². The third-order valence-corrected chi connectivity index (χ3v) is 9.98. The van der Waals surface area contributed by atoms with Crippen LogP contribution in [-0.2, 0) is 23.2 Å². The lowest BCUT2D eigenvalue weighted by Gasteiger charge is -2.27. The van der Waals surface area contributed by atoms with Gasteiger partial charge in [-0.25, -0.2) is 0 Å². The third-order valence-electron chi connectivity index (χ3n) is 9.07. The number of hydrogen-bond acceptors (Lipinski definition) is 4. The van der Waals surface area contributed by atoms with Gasteiger partial charge in [0.05, 0.1) is 4.90 Å². The monoisotopic (exact) mass is 646 g/mol. The molecule has 1 N–H and O–H groups in total. The van der Waals surface area contributed by atoms with E-state index >= 15 is 0 Å². The summed E-state index contributed by atoms with van der Waals surface area (Å²) in [5.74, 6) is -0.409. The van der Waals surface area contributed by atoms with Crippen LogP contribution in [0.2, 0.25) is 0 Å². The van der Waals surface area contributed by atoms with Crippen molar-refractivity contribution in [2.24, 2.45) is 0 Å². The second-order valence-electron chi connectivity index (χ2n) is 12.6. The lowest BCUT2D eigenvalue weighted by molar-refractivity contribution is 0.481. The van der Waals surface area contributed by atoms with E-state index in [0.29, 0.717) is 5.56 Å². The highest BCUT2D eigenvalue weighted by atomic mass is 32.2. The fourth-order valence-corrected chi connectivity index (χ4v) is 7.20. The van der Waals surface area contributed by atoms with Gasteiger partial charge in [0.2, 0.25) is 0 Å². The SMILES string of the molecule is CCN(Cc1cccc(C)c1)c1ccc(C(c2ccc(N(CC)Cc3cccc(C)c3)cc2)c2cc(C)c(C)cc2S(=O)(=O)O)cc1. The zero-order chi connectivity index (χ0) is 33.7. The van der Waals surface area contributed by atoms with Crippen molar-refractivity contribution in [3.8, 4) is 0 Å². The molecular weight excluding hydrogens is 601 g/mol. The van der Waals surface area contributed by atoms with Crippen LogP contribution in [0.25, 0.3) is 0 Å². The minimum atomic E-state index is -4.48. The Bertz CT molecular complexity index is 1830. The van der Waals surface area contributed by atoms with Crippen molar-refractivity contribution in [1.29, 1.82) is 0 Å². The van der Waals surface area contributed by atoms with Crippen molar-refractivity contribution in [3.05, 3.63) is 159 Å². The lowest BCUT2D eigenvalue weighted by atomic mass is 9.83. The van der Waals surface area contributed by atoms with E-state index in [4.69, 9.17) is 0 Å². The van der Waals surface area contributed by atoms with Crippen LogP contribution in [-0.4, -0.2) is 26.1 Å². The molecule has 0 spiro atoms. The number of rotatable bonds is 12. The van der Waals surface area contributed by atoms with E-state index in [-0.39, 0.29) is 4.90 Å². The van der Waals surface area contributed by atoms with Gasteiger partial charge < -0.3 is 9.80 Å². The Balaban J connectivity index is 1.55. The Morgan fingerprint density at radius 2 is 1.02 bits per heavy atom. The van der Waals surface area contributed by atoms with Gasteiger partial charge in [0.25, 0.3) is 10.1 Å². The molecule has 244 valence electrons. The third kappa shape index (κ3) is 8.13. The van der Waals surface area contributed by atoms with Crippen LogP contribution in [0.1, 0.15) is 69.8 Å². The largest absolute Gasteiger partial charge is 0.367 e. The van der Waals surface area contributed by atoms with Gasteiger partial charge in [0.1, 0.15) is 0 Å². The Morgan fingerprint density at radius 3 is 1.40 bits per heavy atom. The minimum Gasteiger partial charge on any atom is -0.367 e. The highest BCUT2D eigenvalue weighted by Gasteiger charge is 2.26. The van der Waals surface area contributed by atoms with E-state index in [9.17, 15) is 13.0 Å². The van der Waals surface area contributed by atoms with Gasteiger partial charge in [0.15, 0.2) is 0 Å². The fourth-order valence-electron chi connectivity index (χ4n) is 6.40. The first-order chi connectivity index (χ1) is 22.5. The highest BCUT2D eigenvalue weighted by molar-refractivity contribution is 7.85. The molecule has 0 aliphatic carbocycles. The van der Waals surface area contributed by atoms with E-state index in [0.717, 1.165) is 59.8 Å². The van der Waals surface area contributed by atoms with Crippen molar-refractivity contribution in [1.82, 2.24) is 0 Å². The number of hydrogen-bond donors (Lipinski definition) is 1. The summed E-state index contributed by atoms with van der Waals surface area (Å²) in [5, 5.41) is 0. The van der Waals surface area contributed by atoms with Crippen LogP contribution in [0.3, 0.4) is 0 Å². The van der Waals surface area contributed by atoms with Crippen molar-refractivity contribution >= 4 is 21.5 Å². The van der Waals surface area contributed by atoms with Gasteiger partial charge >= 0.3 is 0 Å². The van der Waals surface area contributed by atoms with Crippen LogP contribution >= 0.6 is 0 Å². The lowest BCUT2D eigenvalue weighted by Crippen LogP contribution is -2.22. The Hall–Kier alpha value is -4.39. The normalized spacial score (nSPS) is 11.6. The van der Waals surface area contributed by atoms with E-state index in [2.05, 4.69) is 135 Å². The minimum absolute atomic E-state index is 0.0528. The molecule has 6 heteroatoms. The summed E-state index contributed by atoms with van der Waals surface area (Å²) in [6.07, 6.45) is 0. The summed E-state index contributed by atoms with van der Waals surface area (Å²) in [4.78, 5) is 4.61. The van der Waals surface area contributed by atoms with Crippen LogP contribution in [0.5, 0.6) is 0 Å². The summed E-state index contributed by atoms with van der Waals surface area (Å²) in [5.41, 5.74) is 11.4. The van der Waals surface area contributed by atoms with Crippen molar-refractivity contribution in [2.75, 3.05) is 22.9 Å². The summed E-state index contributed by atoms with van der Waals surface area (Å²) in [6.45, 7) is 15.7. The second kappa shape index (κ2) is 14.6. The molecule has 47 heavy (non-hydrogen) atoms. The van der Waals surface area contributed by atoms with Gasteiger partial charge in [-0.2, -0.15) is 8.42 Å². The number of aryl methyl sites for hydroxylation is 4. The van der Waals surface area contributed by atoms with Crippen molar-refractivity contribution in [2.45, 2.75) is 65.4 Å². The van der Waals surface area contributed by atoms with Crippen LogP contribution in [0.15, 0.2) is 114 Å². The summed E-state index contributed by atoms with van der Waals surface area (Å²) in [7, 11) is -4.48. The van der Waals surface area contributed by atoms with Crippen LogP contribution < -0.4 is 9.80 Å². The fraction of sp³-hybridized carbons (Fsp3) is 0.268. The maximum Gasteiger partial charge on any atom is 0.294 e. The average molecular weight is 647 g/mol. The highest BCUT2D eigenvalue weighted by Crippen LogP contribution is 2.38. The maximum atomic E-state index is 12.8. The number of nitrogens with zero attached hydrogens (tertiary/aromatic N) is 2. The molecule has 5 aromatic rings. The average Bonchev–Trinajstić information content (AvgIpc) is 3.04. The van der Waals surface area contributed by atoms with E-state index in [1.165, 1.54) is 22.3 Å². The molecule has 0 radical (unpaired) electrons. The second-order valence-corrected chi connectivity index (χ2v) is 14.0. The quantitative estimate of drug-likeness (QED) is 0.108. The molecule has 5 nitrogen and oxygen atoms in total. The molecule has 0 amide bonds. The molecule has 0 saturated heterocycles. The van der Waals surface area contributed by atoms with Gasteiger partial charge in [-0.1, -0.05) is 90.0 Å². The molecule has 0 unspecified atom stereocenters. The first-order valence-corrected chi connectivity index (χ1v) is 17.8. The number of anilines is 2. The predicted molar refractivity (Wildman–Crippen MR) is 195 cm³/mol. The summed E-state index contributed by atoms with van der Waals surface area (Å²) in [6, 6.07) is 37.5. The molecule has 5 aromatic carbocycles. The Morgan fingerprint density at radius 1 is 0.596 bits per heavy atom. The van der Waals surface area contributed by atoms with Gasteiger partial charge in [0, 0.05) is 43.5 Å². The number of benzene rings is 5. The molecule has 0 bridgehead atoms. The van der Waals surface area contributed by atoms with Gasteiger partial charge in [-0.05, 0) is 111 Å². The molecule has 0 aliphatic heterocycles. The zero-order valence-corrected chi connectivity index (χ0v) is 29.2. The van der Waals surface area contributed by atoms with E-state index in [1.807, 2.05) is 19.9 Å². The topological polar surface area (TPSA) is 60.9 Å². The van der Waals surface area contributed by atoms with Crippen LogP contribution in [0, 0.1) is 27.7 Å². The van der Waals surface area contributed by atoms with Crippen molar-refractivity contribution in [3.63, 3.8) is 0 Å². The molecule has 5 rings (SSSR count). The molecule has 0 fully saturated rings. The molecule has 0 aromatic heterocycles. The molecule has 0 heterocycles. The predicted octanol–water partition coefficient (Wildman–Crippen LogP) is 9.40.